The molecule has 2 aliphatic rings. The summed E-state index contributed by atoms with van der Waals surface area (Å²) in [7, 11) is 1.81. The fourth-order valence-electron chi connectivity index (χ4n) is 3.26. The maximum absolute atomic E-state index is 12.3. The molecule has 3 rings (SSSR count). The fourth-order valence-corrected chi connectivity index (χ4v) is 3.26. The number of benzene rings is 1. The summed E-state index contributed by atoms with van der Waals surface area (Å²) in [6, 6.07) is 8.06. The number of rotatable bonds is 6. The first-order chi connectivity index (χ1) is 12.2. The van der Waals surface area contributed by atoms with Gasteiger partial charge < -0.3 is 19.7 Å². The summed E-state index contributed by atoms with van der Waals surface area (Å²) in [6.07, 6.45) is 3.33. The summed E-state index contributed by atoms with van der Waals surface area (Å²) < 4.78 is 11.0. The van der Waals surface area contributed by atoms with E-state index < -0.39 is 0 Å². The summed E-state index contributed by atoms with van der Waals surface area (Å²) in [6.45, 7) is 6.22. The van der Waals surface area contributed by atoms with Gasteiger partial charge in [0.1, 0.15) is 0 Å². The first-order valence-electron chi connectivity index (χ1n) is 9.23. The van der Waals surface area contributed by atoms with E-state index in [9.17, 15) is 4.79 Å². The molecule has 0 spiro atoms. The van der Waals surface area contributed by atoms with Crippen LogP contribution in [0.2, 0.25) is 0 Å². The average Bonchev–Trinajstić information content (AvgIpc) is 3.15. The van der Waals surface area contributed by atoms with E-state index in [-0.39, 0.29) is 12.1 Å². The van der Waals surface area contributed by atoms with Crippen molar-refractivity contribution in [2.75, 3.05) is 58.4 Å². The molecule has 0 aromatic heterocycles. The molecule has 2 fully saturated rings. The van der Waals surface area contributed by atoms with Crippen molar-refractivity contribution in [2.24, 2.45) is 0 Å². The number of nitrogens with zero attached hydrogens (tertiary/aromatic N) is 2. The zero-order valence-corrected chi connectivity index (χ0v) is 15.1. The molecular weight excluding hydrogens is 318 g/mol. The van der Waals surface area contributed by atoms with E-state index in [0.717, 1.165) is 64.4 Å². The van der Waals surface area contributed by atoms with Crippen LogP contribution >= 0.6 is 0 Å². The normalized spacial score (nSPS) is 21.2. The number of nitrogens with one attached hydrogen (secondary N) is 1. The molecule has 25 heavy (non-hydrogen) atoms. The Morgan fingerprint density at radius 2 is 2.00 bits per heavy atom. The number of morpholine rings is 1. The highest BCUT2D eigenvalue weighted by molar-refractivity contribution is 5.89. The molecule has 138 valence electrons. The third-order valence-electron chi connectivity index (χ3n) is 4.87. The molecule has 2 amide bonds. The van der Waals surface area contributed by atoms with E-state index in [1.54, 1.807) is 4.90 Å². The van der Waals surface area contributed by atoms with Gasteiger partial charge >= 0.3 is 6.03 Å². The van der Waals surface area contributed by atoms with Crippen molar-refractivity contribution >= 4 is 11.7 Å². The molecule has 1 aromatic rings. The van der Waals surface area contributed by atoms with Crippen LogP contribution in [0, 0.1) is 0 Å². The Kier molecular flexibility index (Phi) is 6.67. The van der Waals surface area contributed by atoms with Gasteiger partial charge in [0.2, 0.25) is 0 Å². The summed E-state index contributed by atoms with van der Waals surface area (Å²) in [5.74, 6) is 0. The maximum Gasteiger partial charge on any atom is 0.321 e. The van der Waals surface area contributed by atoms with Crippen LogP contribution in [0.5, 0.6) is 0 Å². The topological polar surface area (TPSA) is 54.0 Å². The van der Waals surface area contributed by atoms with E-state index in [2.05, 4.69) is 22.3 Å². The lowest BCUT2D eigenvalue weighted by Gasteiger charge is -2.26. The van der Waals surface area contributed by atoms with Gasteiger partial charge in [-0.15, -0.1) is 0 Å². The SMILES string of the molecule is CN(C[C@@H]1CCCO1)C(=O)Nc1ccc(CCN2CCOCC2)cc1. The third kappa shape index (κ3) is 5.70. The molecule has 0 saturated carbocycles. The van der Waals surface area contributed by atoms with Crippen molar-refractivity contribution in [3.05, 3.63) is 29.8 Å². The maximum atomic E-state index is 12.3. The highest BCUT2D eigenvalue weighted by Crippen LogP contribution is 2.15. The van der Waals surface area contributed by atoms with Crippen LogP contribution in [-0.2, 0) is 15.9 Å². The molecule has 1 aromatic carbocycles. The molecule has 6 heteroatoms. The van der Waals surface area contributed by atoms with Crippen molar-refractivity contribution in [3.63, 3.8) is 0 Å². The molecule has 6 nitrogen and oxygen atoms in total. The van der Waals surface area contributed by atoms with E-state index in [1.165, 1.54) is 5.56 Å². The second-order valence-corrected chi connectivity index (χ2v) is 6.85. The Hall–Kier alpha value is -1.63. The minimum Gasteiger partial charge on any atom is -0.379 e. The van der Waals surface area contributed by atoms with Gasteiger partial charge in [-0.2, -0.15) is 0 Å². The molecule has 0 aliphatic carbocycles. The van der Waals surface area contributed by atoms with E-state index >= 15 is 0 Å². The summed E-state index contributed by atoms with van der Waals surface area (Å²) in [5.41, 5.74) is 2.12. The van der Waals surface area contributed by atoms with Crippen LogP contribution in [0.4, 0.5) is 10.5 Å². The minimum atomic E-state index is -0.0865. The van der Waals surface area contributed by atoms with Crippen molar-refractivity contribution < 1.29 is 14.3 Å². The molecule has 1 atom stereocenters. The zero-order valence-electron chi connectivity index (χ0n) is 15.1. The number of hydrogen-bond acceptors (Lipinski definition) is 4. The molecule has 2 heterocycles. The highest BCUT2D eigenvalue weighted by Gasteiger charge is 2.20. The Bertz CT molecular complexity index is 537. The summed E-state index contributed by atoms with van der Waals surface area (Å²) in [4.78, 5) is 16.4. The molecule has 2 aliphatic heterocycles. The third-order valence-corrected chi connectivity index (χ3v) is 4.87. The van der Waals surface area contributed by atoms with Gasteiger partial charge in [-0.1, -0.05) is 12.1 Å². The lowest BCUT2D eigenvalue weighted by atomic mass is 10.1. The second-order valence-electron chi connectivity index (χ2n) is 6.85. The average molecular weight is 347 g/mol. The van der Waals surface area contributed by atoms with Crippen LogP contribution in [0.3, 0.4) is 0 Å². The highest BCUT2D eigenvalue weighted by atomic mass is 16.5. The quantitative estimate of drug-likeness (QED) is 0.857. The number of hydrogen-bond donors (Lipinski definition) is 1. The van der Waals surface area contributed by atoms with Crippen molar-refractivity contribution in [1.82, 2.24) is 9.80 Å². The Labute approximate surface area is 150 Å². The number of ether oxygens (including phenoxy) is 2. The number of carbonyl (C=O) groups excluding carboxylic acids is 1. The smallest absolute Gasteiger partial charge is 0.321 e. The summed E-state index contributed by atoms with van der Waals surface area (Å²) >= 11 is 0. The lowest BCUT2D eigenvalue weighted by molar-refractivity contribution is 0.0384. The van der Waals surface area contributed by atoms with E-state index in [0.29, 0.717) is 6.54 Å². The van der Waals surface area contributed by atoms with Gasteiger partial charge in [0.05, 0.1) is 19.3 Å². The van der Waals surface area contributed by atoms with Gasteiger partial charge in [-0.05, 0) is 37.0 Å². The van der Waals surface area contributed by atoms with Gasteiger partial charge in [0.25, 0.3) is 0 Å². The zero-order chi connectivity index (χ0) is 17.5. The van der Waals surface area contributed by atoms with Crippen LogP contribution in [0.1, 0.15) is 18.4 Å². The van der Waals surface area contributed by atoms with E-state index in [4.69, 9.17) is 9.47 Å². The number of urea groups is 1. The second kappa shape index (κ2) is 9.17. The monoisotopic (exact) mass is 347 g/mol. The number of anilines is 1. The molecular formula is C19H29N3O3. The number of carbonyl (C=O) groups is 1. The minimum absolute atomic E-state index is 0.0865. The predicted octanol–water partition coefficient (Wildman–Crippen LogP) is 2.20. The first kappa shape index (κ1) is 18.2. The molecule has 0 radical (unpaired) electrons. The largest absolute Gasteiger partial charge is 0.379 e. The van der Waals surface area contributed by atoms with Gasteiger partial charge in [0.15, 0.2) is 0 Å². The van der Waals surface area contributed by atoms with Gasteiger partial charge in [0, 0.05) is 45.5 Å². The molecule has 2 saturated heterocycles. The van der Waals surface area contributed by atoms with Gasteiger partial charge in [-0.25, -0.2) is 4.79 Å². The molecule has 0 unspecified atom stereocenters. The van der Waals surface area contributed by atoms with Crippen LogP contribution < -0.4 is 5.32 Å². The summed E-state index contributed by atoms with van der Waals surface area (Å²) in [5, 5.41) is 2.95. The fraction of sp³-hybridized carbons (Fsp3) is 0.632. The standard InChI is InChI=1S/C19H29N3O3/c1-21(15-18-3-2-12-25-18)19(23)20-17-6-4-16(5-7-17)8-9-22-10-13-24-14-11-22/h4-7,18H,2-3,8-15H2,1H3,(H,20,23)/t18-/m0/s1. The van der Waals surface area contributed by atoms with Crippen LogP contribution in [-0.4, -0.2) is 75.0 Å². The molecule has 1 N–H and O–H groups in total. The molecule has 0 bridgehead atoms. The van der Waals surface area contributed by atoms with Crippen LogP contribution in [0.15, 0.2) is 24.3 Å². The Morgan fingerprint density at radius 1 is 1.24 bits per heavy atom. The number of likely N-dealkylation sites (N-methyl/N-ethyl adjacent to an activating group) is 1. The van der Waals surface area contributed by atoms with Crippen molar-refractivity contribution in [1.29, 1.82) is 0 Å². The van der Waals surface area contributed by atoms with Crippen molar-refractivity contribution in [3.8, 4) is 0 Å². The first-order valence-corrected chi connectivity index (χ1v) is 9.23. The van der Waals surface area contributed by atoms with Crippen LogP contribution in [0.25, 0.3) is 0 Å². The van der Waals surface area contributed by atoms with Gasteiger partial charge in [-0.3, -0.25) is 4.90 Å². The Morgan fingerprint density at radius 3 is 2.68 bits per heavy atom. The Balaban J connectivity index is 1.42. The lowest BCUT2D eigenvalue weighted by Crippen LogP contribution is -2.37. The van der Waals surface area contributed by atoms with Crippen molar-refractivity contribution in [2.45, 2.75) is 25.4 Å². The predicted molar refractivity (Wildman–Crippen MR) is 98.0 cm³/mol. The van der Waals surface area contributed by atoms with E-state index in [1.807, 2.05) is 19.2 Å². The number of amides is 2.